The van der Waals surface area contributed by atoms with Crippen LogP contribution >= 0.6 is 0 Å². The largest absolute Gasteiger partial charge is 0.478 e. The SMILES string of the molecule is CNC(=O)C(C)(C)CNC(=O)c1occc1C(=O)O. The molecule has 0 aliphatic heterocycles. The summed E-state index contributed by atoms with van der Waals surface area (Å²) < 4.78 is 4.85. The summed E-state index contributed by atoms with van der Waals surface area (Å²) in [6.45, 7) is 3.38. The highest BCUT2D eigenvalue weighted by molar-refractivity contribution is 6.02. The van der Waals surface area contributed by atoms with Crippen LogP contribution in [0.3, 0.4) is 0 Å². The molecule has 0 bridgehead atoms. The Morgan fingerprint density at radius 3 is 2.53 bits per heavy atom. The Morgan fingerprint density at radius 1 is 1.37 bits per heavy atom. The number of hydrogen-bond donors (Lipinski definition) is 3. The van der Waals surface area contributed by atoms with Crippen LogP contribution in [0.15, 0.2) is 16.7 Å². The first-order valence-corrected chi connectivity index (χ1v) is 5.60. The minimum atomic E-state index is -1.25. The number of furan rings is 1. The fourth-order valence-electron chi connectivity index (χ4n) is 1.45. The van der Waals surface area contributed by atoms with Crippen molar-refractivity contribution in [1.29, 1.82) is 0 Å². The summed E-state index contributed by atoms with van der Waals surface area (Å²) in [7, 11) is 1.50. The standard InChI is InChI=1S/C12H16N2O5/c1-12(2,11(18)13-3)6-14-9(15)8-7(10(16)17)4-5-19-8/h4-5H,6H2,1-3H3,(H,13,18)(H,14,15)(H,16,17). The highest BCUT2D eigenvalue weighted by Gasteiger charge is 2.28. The monoisotopic (exact) mass is 268 g/mol. The molecule has 0 aliphatic rings. The number of aromatic carboxylic acids is 1. The molecule has 0 spiro atoms. The molecule has 19 heavy (non-hydrogen) atoms. The number of hydrogen-bond acceptors (Lipinski definition) is 4. The van der Waals surface area contributed by atoms with E-state index >= 15 is 0 Å². The van der Waals surface area contributed by atoms with E-state index in [2.05, 4.69) is 10.6 Å². The Bertz CT molecular complexity index is 504. The summed E-state index contributed by atoms with van der Waals surface area (Å²) >= 11 is 0. The number of carboxylic acid groups (broad SMARTS) is 1. The molecule has 2 amide bonds. The fraction of sp³-hybridized carbons (Fsp3) is 0.417. The van der Waals surface area contributed by atoms with Crippen molar-refractivity contribution < 1.29 is 23.9 Å². The van der Waals surface area contributed by atoms with Gasteiger partial charge in [-0.2, -0.15) is 0 Å². The molecule has 1 aromatic heterocycles. The predicted octanol–water partition coefficient (Wildman–Crippen LogP) is 0.480. The van der Waals surface area contributed by atoms with Crippen molar-refractivity contribution >= 4 is 17.8 Å². The highest BCUT2D eigenvalue weighted by Crippen LogP contribution is 2.15. The maximum Gasteiger partial charge on any atom is 0.339 e. The van der Waals surface area contributed by atoms with Gasteiger partial charge in [-0.25, -0.2) is 4.79 Å². The minimum absolute atomic E-state index is 0.0608. The Morgan fingerprint density at radius 2 is 2.00 bits per heavy atom. The number of amides is 2. The lowest BCUT2D eigenvalue weighted by Gasteiger charge is -2.22. The van der Waals surface area contributed by atoms with Crippen LogP contribution in [0.2, 0.25) is 0 Å². The number of rotatable bonds is 5. The Balaban J connectivity index is 2.73. The van der Waals surface area contributed by atoms with Gasteiger partial charge < -0.3 is 20.2 Å². The molecule has 0 aliphatic carbocycles. The van der Waals surface area contributed by atoms with Gasteiger partial charge in [0.05, 0.1) is 11.7 Å². The molecule has 1 aromatic rings. The highest BCUT2D eigenvalue weighted by atomic mass is 16.4. The van der Waals surface area contributed by atoms with E-state index in [-0.39, 0.29) is 23.8 Å². The molecule has 3 N–H and O–H groups in total. The summed E-state index contributed by atoms with van der Waals surface area (Å²) in [4.78, 5) is 34.2. The van der Waals surface area contributed by atoms with Gasteiger partial charge in [-0.05, 0) is 19.9 Å². The van der Waals surface area contributed by atoms with Crippen LogP contribution < -0.4 is 10.6 Å². The summed E-state index contributed by atoms with van der Waals surface area (Å²) in [5, 5.41) is 13.8. The molecule has 0 saturated heterocycles. The molecule has 0 atom stereocenters. The molecular weight excluding hydrogens is 252 g/mol. The summed E-state index contributed by atoms with van der Waals surface area (Å²) in [5.74, 6) is -2.42. The molecular formula is C12H16N2O5. The van der Waals surface area contributed by atoms with Gasteiger partial charge in [-0.15, -0.1) is 0 Å². The lowest BCUT2D eigenvalue weighted by atomic mass is 9.92. The van der Waals surface area contributed by atoms with Gasteiger partial charge >= 0.3 is 5.97 Å². The summed E-state index contributed by atoms with van der Waals surface area (Å²) in [6, 6.07) is 1.20. The van der Waals surface area contributed by atoms with Gasteiger partial charge in [0, 0.05) is 13.6 Å². The molecule has 0 aromatic carbocycles. The van der Waals surface area contributed by atoms with Crippen LogP contribution in [-0.2, 0) is 4.79 Å². The van der Waals surface area contributed by atoms with Crippen LogP contribution in [0.4, 0.5) is 0 Å². The maximum atomic E-state index is 11.8. The third-order valence-corrected chi connectivity index (χ3v) is 2.63. The van der Waals surface area contributed by atoms with Crippen molar-refractivity contribution in [2.45, 2.75) is 13.8 Å². The first-order valence-electron chi connectivity index (χ1n) is 5.60. The second kappa shape index (κ2) is 5.55. The van der Waals surface area contributed by atoms with E-state index < -0.39 is 17.3 Å². The van der Waals surface area contributed by atoms with Gasteiger partial charge in [0.1, 0.15) is 5.56 Å². The van der Waals surface area contributed by atoms with Gasteiger partial charge in [-0.1, -0.05) is 0 Å². The van der Waals surface area contributed by atoms with Crippen molar-refractivity contribution in [3.63, 3.8) is 0 Å². The van der Waals surface area contributed by atoms with Crippen LogP contribution in [0.25, 0.3) is 0 Å². The zero-order valence-corrected chi connectivity index (χ0v) is 10.9. The van der Waals surface area contributed by atoms with Crippen molar-refractivity contribution in [3.05, 3.63) is 23.7 Å². The van der Waals surface area contributed by atoms with E-state index in [0.717, 1.165) is 6.26 Å². The van der Waals surface area contributed by atoms with Gasteiger partial charge in [0.25, 0.3) is 5.91 Å². The van der Waals surface area contributed by atoms with Crippen LogP contribution in [0.1, 0.15) is 34.8 Å². The van der Waals surface area contributed by atoms with E-state index in [9.17, 15) is 14.4 Å². The van der Waals surface area contributed by atoms with Crippen molar-refractivity contribution in [3.8, 4) is 0 Å². The first kappa shape index (κ1) is 14.7. The summed E-state index contributed by atoms with van der Waals surface area (Å²) in [5.41, 5.74) is -1.02. The smallest absolute Gasteiger partial charge is 0.339 e. The van der Waals surface area contributed by atoms with Crippen LogP contribution in [-0.4, -0.2) is 36.5 Å². The predicted molar refractivity (Wildman–Crippen MR) is 65.8 cm³/mol. The average Bonchev–Trinajstić information content (AvgIpc) is 2.84. The van der Waals surface area contributed by atoms with Gasteiger partial charge in [0.2, 0.25) is 11.7 Å². The zero-order valence-electron chi connectivity index (χ0n) is 10.9. The molecule has 0 saturated carbocycles. The third kappa shape index (κ3) is 3.34. The van der Waals surface area contributed by atoms with Gasteiger partial charge in [0.15, 0.2) is 0 Å². The maximum absolute atomic E-state index is 11.8. The number of carbonyl (C=O) groups is 3. The lowest BCUT2D eigenvalue weighted by molar-refractivity contribution is -0.128. The Hall–Kier alpha value is -2.31. The normalized spacial score (nSPS) is 10.9. The van der Waals surface area contributed by atoms with E-state index in [1.54, 1.807) is 13.8 Å². The first-order chi connectivity index (χ1) is 8.79. The molecule has 104 valence electrons. The third-order valence-electron chi connectivity index (χ3n) is 2.63. The Kier molecular flexibility index (Phi) is 4.31. The average molecular weight is 268 g/mol. The quantitative estimate of drug-likeness (QED) is 0.719. The molecule has 7 heteroatoms. The fourth-order valence-corrected chi connectivity index (χ4v) is 1.45. The molecule has 0 unspecified atom stereocenters. The number of nitrogens with one attached hydrogen (secondary N) is 2. The molecule has 0 radical (unpaired) electrons. The van der Waals surface area contributed by atoms with Gasteiger partial charge in [-0.3, -0.25) is 9.59 Å². The van der Waals surface area contributed by atoms with Crippen LogP contribution in [0.5, 0.6) is 0 Å². The minimum Gasteiger partial charge on any atom is -0.478 e. The van der Waals surface area contributed by atoms with E-state index in [1.165, 1.54) is 13.1 Å². The van der Waals surface area contributed by atoms with E-state index in [0.29, 0.717) is 0 Å². The van der Waals surface area contributed by atoms with Crippen LogP contribution in [0, 0.1) is 5.41 Å². The molecule has 1 heterocycles. The Labute approximate surface area is 110 Å². The second-order valence-corrected chi connectivity index (χ2v) is 4.61. The van der Waals surface area contributed by atoms with Crippen molar-refractivity contribution in [2.24, 2.45) is 5.41 Å². The zero-order chi connectivity index (χ0) is 14.6. The van der Waals surface area contributed by atoms with Crippen molar-refractivity contribution in [1.82, 2.24) is 10.6 Å². The van der Waals surface area contributed by atoms with E-state index in [4.69, 9.17) is 9.52 Å². The lowest BCUT2D eigenvalue weighted by Crippen LogP contribution is -2.43. The number of carboxylic acids is 1. The number of carbonyl (C=O) groups excluding carboxylic acids is 2. The second-order valence-electron chi connectivity index (χ2n) is 4.61. The van der Waals surface area contributed by atoms with Crippen molar-refractivity contribution in [2.75, 3.05) is 13.6 Å². The molecule has 1 rings (SSSR count). The molecule has 7 nitrogen and oxygen atoms in total. The summed E-state index contributed by atoms with van der Waals surface area (Å²) in [6.07, 6.45) is 1.13. The van der Waals surface area contributed by atoms with E-state index in [1.807, 2.05) is 0 Å². The topological polar surface area (TPSA) is 109 Å². The molecule has 0 fully saturated rings.